The fraction of sp³-hybridized carbons (Fsp3) is 0.235. The van der Waals surface area contributed by atoms with E-state index in [0.717, 1.165) is 5.56 Å². The number of hydrogen-bond donors (Lipinski definition) is 1. The molecule has 0 bridgehead atoms. The molecular formula is C17H17N3O4. The van der Waals surface area contributed by atoms with Gasteiger partial charge in [-0.25, -0.2) is 4.79 Å². The molecule has 1 unspecified atom stereocenters. The molecule has 0 radical (unpaired) electrons. The molecule has 0 aromatic heterocycles. The summed E-state index contributed by atoms with van der Waals surface area (Å²) in [7, 11) is 0. The minimum Gasteiger partial charge on any atom is -0.370 e. The van der Waals surface area contributed by atoms with Crippen molar-refractivity contribution in [1.82, 2.24) is 4.90 Å². The van der Waals surface area contributed by atoms with E-state index in [0.29, 0.717) is 25.4 Å². The van der Waals surface area contributed by atoms with Gasteiger partial charge in [0.1, 0.15) is 6.10 Å². The molecule has 3 rings (SSSR count). The molecule has 2 aromatic carbocycles. The first-order valence-electron chi connectivity index (χ1n) is 7.60. The highest BCUT2D eigenvalue weighted by molar-refractivity contribution is 5.89. The number of nitrogens with zero attached hydrogens (tertiary/aromatic N) is 2. The monoisotopic (exact) mass is 327 g/mol. The van der Waals surface area contributed by atoms with Crippen molar-refractivity contribution in [2.24, 2.45) is 0 Å². The lowest BCUT2D eigenvalue weighted by atomic mass is 10.1. The van der Waals surface area contributed by atoms with Gasteiger partial charge in [0, 0.05) is 24.4 Å². The molecule has 7 nitrogen and oxygen atoms in total. The molecule has 124 valence electrons. The number of carbonyl (C=O) groups excluding carboxylic acids is 1. The van der Waals surface area contributed by atoms with Gasteiger partial charge in [-0.05, 0) is 17.7 Å². The Bertz CT molecular complexity index is 718. The molecule has 7 heteroatoms. The molecule has 0 saturated carbocycles. The number of carbonyl (C=O) groups is 1. The zero-order chi connectivity index (χ0) is 16.9. The minimum atomic E-state index is -0.474. The Balaban J connectivity index is 1.63. The van der Waals surface area contributed by atoms with Gasteiger partial charge in [0.25, 0.3) is 5.69 Å². The number of amides is 2. The van der Waals surface area contributed by atoms with E-state index in [-0.39, 0.29) is 17.8 Å². The zero-order valence-electron chi connectivity index (χ0n) is 12.9. The molecule has 1 N–H and O–H groups in total. The van der Waals surface area contributed by atoms with Gasteiger partial charge in [-0.2, -0.15) is 0 Å². The van der Waals surface area contributed by atoms with Crippen LogP contribution in [-0.2, 0) is 4.74 Å². The second kappa shape index (κ2) is 7.10. The number of nitrogens with one attached hydrogen (secondary N) is 1. The molecule has 1 aliphatic rings. The first-order valence-corrected chi connectivity index (χ1v) is 7.60. The van der Waals surface area contributed by atoms with Crippen LogP contribution < -0.4 is 5.32 Å². The van der Waals surface area contributed by atoms with Crippen LogP contribution in [0.5, 0.6) is 0 Å². The van der Waals surface area contributed by atoms with Gasteiger partial charge in [0.2, 0.25) is 0 Å². The predicted molar refractivity (Wildman–Crippen MR) is 88.8 cm³/mol. The maximum absolute atomic E-state index is 12.4. The summed E-state index contributed by atoms with van der Waals surface area (Å²) in [5.74, 6) is 0. The summed E-state index contributed by atoms with van der Waals surface area (Å²) in [5, 5.41) is 13.4. The normalized spacial score (nSPS) is 17.3. The molecule has 0 spiro atoms. The number of hydrogen-bond acceptors (Lipinski definition) is 4. The van der Waals surface area contributed by atoms with Crippen molar-refractivity contribution in [3.8, 4) is 0 Å². The van der Waals surface area contributed by atoms with E-state index in [4.69, 9.17) is 4.74 Å². The quantitative estimate of drug-likeness (QED) is 0.693. The molecule has 2 aromatic rings. The summed E-state index contributed by atoms with van der Waals surface area (Å²) in [6, 6.07) is 15.3. The van der Waals surface area contributed by atoms with Crippen LogP contribution in [0.2, 0.25) is 0 Å². The average molecular weight is 327 g/mol. The van der Waals surface area contributed by atoms with Crippen molar-refractivity contribution >= 4 is 17.4 Å². The molecule has 1 aliphatic heterocycles. The lowest BCUT2D eigenvalue weighted by molar-refractivity contribution is -0.384. The number of nitro benzene ring substituents is 1. The van der Waals surface area contributed by atoms with Gasteiger partial charge in [-0.15, -0.1) is 0 Å². The Hall–Kier alpha value is -2.93. The number of anilines is 1. The average Bonchev–Trinajstić information content (AvgIpc) is 2.63. The van der Waals surface area contributed by atoms with Crippen molar-refractivity contribution in [2.75, 3.05) is 25.0 Å². The first kappa shape index (κ1) is 15.9. The fourth-order valence-corrected chi connectivity index (χ4v) is 2.57. The lowest BCUT2D eigenvalue weighted by Gasteiger charge is -2.33. The number of nitro groups is 1. The number of non-ortho nitro benzene ring substituents is 1. The highest BCUT2D eigenvalue weighted by Crippen LogP contribution is 2.23. The van der Waals surface area contributed by atoms with Gasteiger partial charge in [0.15, 0.2) is 0 Å². The summed E-state index contributed by atoms with van der Waals surface area (Å²) < 4.78 is 5.74. The van der Waals surface area contributed by atoms with E-state index < -0.39 is 4.92 Å². The Labute approximate surface area is 139 Å². The van der Waals surface area contributed by atoms with Crippen LogP contribution in [0.3, 0.4) is 0 Å². The molecule has 2 amide bonds. The van der Waals surface area contributed by atoms with Crippen LogP contribution in [0.25, 0.3) is 0 Å². The van der Waals surface area contributed by atoms with Crippen molar-refractivity contribution in [3.63, 3.8) is 0 Å². The second-order valence-electron chi connectivity index (χ2n) is 5.45. The number of ether oxygens (including phenoxy) is 1. The van der Waals surface area contributed by atoms with Crippen molar-refractivity contribution < 1.29 is 14.5 Å². The van der Waals surface area contributed by atoms with E-state index in [1.54, 1.807) is 4.90 Å². The SMILES string of the molecule is O=C(Nc1ccc([N+](=O)[O-])cc1)N1CCOC(c2ccccc2)C1. The third-order valence-corrected chi connectivity index (χ3v) is 3.85. The summed E-state index contributed by atoms with van der Waals surface area (Å²) >= 11 is 0. The number of rotatable bonds is 3. The Morgan fingerprint density at radius 3 is 2.54 bits per heavy atom. The molecular weight excluding hydrogens is 310 g/mol. The number of morpholine rings is 1. The van der Waals surface area contributed by atoms with Crippen molar-refractivity contribution in [1.29, 1.82) is 0 Å². The van der Waals surface area contributed by atoms with Gasteiger partial charge >= 0.3 is 6.03 Å². The summed E-state index contributed by atoms with van der Waals surface area (Å²) in [4.78, 5) is 24.2. The van der Waals surface area contributed by atoms with Crippen LogP contribution in [0.1, 0.15) is 11.7 Å². The van der Waals surface area contributed by atoms with E-state index in [2.05, 4.69) is 5.32 Å². The van der Waals surface area contributed by atoms with Crippen LogP contribution in [-0.4, -0.2) is 35.6 Å². The number of benzene rings is 2. The molecule has 0 aliphatic carbocycles. The van der Waals surface area contributed by atoms with E-state index >= 15 is 0 Å². The largest absolute Gasteiger partial charge is 0.370 e. The Morgan fingerprint density at radius 1 is 1.17 bits per heavy atom. The van der Waals surface area contributed by atoms with Gasteiger partial charge in [-0.1, -0.05) is 30.3 Å². The minimum absolute atomic E-state index is 0.0106. The van der Waals surface area contributed by atoms with Crippen LogP contribution >= 0.6 is 0 Å². The summed E-state index contributed by atoms with van der Waals surface area (Å²) in [6.45, 7) is 1.43. The second-order valence-corrected chi connectivity index (χ2v) is 5.45. The van der Waals surface area contributed by atoms with E-state index in [9.17, 15) is 14.9 Å². The Kier molecular flexibility index (Phi) is 4.72. The highest BCUT2D eigenvalue weighted by atomic mass is 16.6. The molecule has 1 saturated heterocycles. The molecule has 1 fully saturated rings. The summed E-state index contributed by atoms with van der Waals surface area (Å²) in [5.41, 5.74) is 1.54. The topological polar surface area (TPSA) is 84.7 Å². The first-order chi connectivity index (χ1) is 11.6. The smallest absolute Gasteiger partial charge is 0.322 e. The van der Waals surface area contributed by atoms with Gasteiger partial charge in [-0.3, -0.25) is 10.1 Å². The fourth-order valence-electron chi connectivity index (χ4n) is 2.57. The van der Waals surface area contributed by atoms with E-state index in [1.807, 2.05) is 30.3 Å². The number of urea groups is 1. The predicted octanol–water partition coefficient (Wildman–Crippen LogP) is 3.20. The molecule has 24 heavy (non-hydrogen) atoms. The zero-order valence-corrected chi connectivity index (χ0v) is 12.9. The molecule has 1 heterocycles. The highest BCUT2D eigenvalue weighted by Gasteiger charge is 2.25. The maximum Gasteiger partial charge on any atom is 0.322 e. The van der Waals surface area contributed by atoms with Gasteiger partial charge in [0.05, 0.1) is 18.1 Å². The lowest BCUT2D eigenvalue weighted by Crippen LogP contribution is -2.44. The maximum atomic E-state index is 12.4. The van der Waals surface area contributed by atoms with Crippen LogP contribution in [0, 0.1) is 10.1 Å². The van der Waals surface area contributed by atoms with Crippen molar-refractivity contribution in [3.05, 3.63) is 70.3 Å². The molecule has 1 atom stereocenters. The Morgan fingerprint density at radius 2 is 1.88 bits per heavy atom. The van der Waals surface area contributed by atoms with Crippen molar-refractivity contribution in [2.45, 2.75) is 6.10 Å². The standard InChI is InChI=1S/C17H17N3O4/c21-17(18-14-6-8-15(9-7-14)20(22)23)19-10-11-24-16(12-19)13-4-2-1-3-5-13/h1-9,16H,10-12H2,(H,18,21). The third kappa shape index (κ3) is 3.69. The van der Waals surface area contributed by atoms with Crippen LogP contribution in [0.4, 0.5) is 16.2 Å². The van der Waals surface area contributed by atoms with Gasteiger partial charge < -0.3 is 15.0 Å². The van der Waals surface area contributed by atoms with Crippen LogP contribution in [0.15, 0.2) is 54.6 Å². The summed E-state index contributed by atoms with van der Waals surface area (Å²) in [6.07, 6.45) is -0.150. The third-order valence-electron chi connectivity index (χ3n) is 3.85. The van der Waals surface area contributed by atoms with E-state index in [1.165, 1.54) is 24.3 Å².